The minimum Gasteiger partial charge on any atom is -0.392 e. The van der Waals surface area contributed by atoms with Gasteiger partial charge in [0.1, 0.15) is 0 Å². The molecule has 0 heterocycles. The first-order chi connectivity index (χ1) is 9.83. The van der Waals surface area contributed by atoms with Gasteiger partial charge in [0, 0.05) is 18.8 Å². The van der Waals surface area contributed by atoms with Gasteiger partial charge in [0.2, 0.25) is 0 Å². The van der Waals surface area contributed by atoms with E-state index < -0.39 is 0 Å². The second-order valence-corrected chi connectivity index (χ2v) is 4.87. The number of hydrogen-bond donors (Lipinski definition) is 2. The maximum atomic E-state index is 9.08. The molecule has 3 heteroatoms. The van der Waals surface area contributed by atoms with Gasteiger partial charge < -0.3 is 15.7 Å². The highest BCUT2D eigenvalue weighted by molar-refractivity contribution is 5.46. The topological polar surface area (TPSA) is 49.5 Å². The number of benzene rings is 2. The van der Waals surface area contributed by atoms with Crippen molar-refractivity contribution in [2.75, 3.05) is 18.0 Å². The van der Waals surface area contributed by atoms with Crippen LogP contribution in [0.2, 0.25) is 0 Å². The van der Waals surface area contributed by atoms with Crippen molar-refractivity contribution in [3.05, 3.63) is 65.7 Å². The fourth-order valence-electron chi connectivity index (χ4n) is 2.19. The van der Waals surface area contributed by atoms with E-state index in [1.54, 1.807) is 0 Å². The first kappa shape index (κ1) is 14.6. The van der Waals surface area contributed by atoms with Crippen LogP contribution in [0.3, 0.4) is 0 Å². The first-order valence-corrected chi connectivity index (χ1v) is 7.02. The lowest BCUT2D eigenvalue weighted by atomic mass is 10.1. The third kappa shape index (κ3) is 4.08. The lowest BCUT2D eigenvalue weighted by Crippen LogP contribution is -2.25. The Hall–Kier alpha value is -1.84. The van der Waals surface area contributed by atoms with Crippen LogP contribution in [0.15, 0.2) is 54.6 Å². The van der Waals surface area contributed by atoms with E-state index in [0.717, 1.165) is 25.1 Å². The van der Waals surface area contributed by atoms with Crippen LogP contribution in [0, 0.1) is 0 Å². The van der Waals surface area contributed by atoms with Crippen LogP contribution in [0.1, 0.15) is 17.5 Å². The molecular weight excluding hydrogens is 248 g/mol. The molecule has 0 aromatic heterocycles. The standard InChI is InChI=1S/C17H22N2O/c18-11-4-12-19(17-5-2-1-3-6-17)13-15-7-9-16(14-20)10-8-15/h1-3,5-10,20H,4,11-14,18H2. The van der Waals surface area contributed by atoms with Gasteiger partial charge in [0.05, 0.1) is 6.61 Å². The van der Waals surface area contributed by atoms with E-state index in [-0.39, 0.29) is 6.61 Å². The van der Waals surface area contributed by atoms with E-state index >= 15 is 0 Å². The van der Waals surface area contributed by atoms with Crippen molar-refractivity contribution in [3.8, 4) is 0 Å². The van der Waals surface area contributed by atoms with Crippen LogP contribution >= 0.6 is 0 Å². The number of nitrogens with two attached hydrogens (primary N) is 1. The van der Waals surface area contributed by atoms with E-state index in [0.29, 0.717) is 6.54 Å². The summed E-state index contributed by atoms with van der Waals surface area (Å²) < 4.78 is 0. The molecule has 20 heavy (non-hydrogen) atoms. The van der Waals surface area contributed by atoms with Gasteiger partial charge in [0.25, 0.3) is 0 Å². The molecule has 0 aliphatic rings. The van der Waals surface area contributed by atoms with E-state index in [2.05, 4.69) is 41.3 Å². The molecule has 0 unspecified atom stereocenters. The minimum absolute atomic E-state index is 0.0931. The molecular formula is C17H22N2O. The maximum absolute atomic E-state index is 9.08. The smallest absolute Gasteiger partial charge is 0.0681 e. The van der Waals surface area contributed by atoms with Gasteiger partial charge in [-0.15, -0.1) is 0 Å². The predicted octanol–water partition coefficient (Wildman–Crippen LogP) is 2.53. The van der Waals surface area contributed by atoms with Crippen molar-refractivity contribution < 1.29 is 5.11 Å². The average molecular weight is 270 g/mol. The van der Waals surface area contributed by atoms with Gasteiger partial charge in [-0.1, -0.05) is 42.5 Å². The second kappa shape index (κ2) is 7.68. The van der Waals surface area contributed by atoms with Crippen molar-refractivity contribution in [3.63, 3.8) is 0 Å². The zero-order chi connectivity index (χ0) is 14.2. The van der Waals surface area contributed by atoms with Crippen molar-refractivity contribution in [2.45, 2.75) is 19.6 Å². The van der Waals surface area contributed by atoms with Crippen molar-refractivity contribution in [1.82, 2.24) is 0 Å². The van der Waals surface area contributed by atoms with Crippen LogP contribution in [-0.2, 0) is 13.2 Å². The molecule has 2 aromatic carbocycles. The molecule has 3 nitrogen and oxygen atoms in total. The van der Waals surface area contributed by atoms with Crippen LogP contribution in [0.5, 0.6) is 0 Å². The molecule has 0 atom stereocenters. The average Bonchev–Trinajstić information content (AvgIpc) is 2.53. The van der Waals surface area contributed by atoms with Gasteiger partial charge in [0.15, 0.2) is 0 Å². The Kier molecular flexibility index (Phi) is 5.59. The van der Waals surface area contributed by atoms with Crippen LogP contribution in [0.4, 0.5) is 5.69 Å². The lowest BCUT2D eigenvalue weighted by molar-refractivity contribution is 0.282. The minimum atomic E-state index is 0.0931. The van der Waals surface area contributed by atoms with Gasteiger partial charge in [-0.05, 0) is 36.2 Å². The number of para-hydroxylation sites is 1. The van der Waals surface area contributed by atoms with E-state index in [9.17, 15) is 0 Å². The fraction of sp³-hybridized carbons (Fsp3) is 0.294. The molecule has 2 rings (SSSR count). The third-order valence-corrected chi connectivity index (χ3v) is 3.33. The Morgan fingerprint density at radius 3 is 2.15 bits per heavy atom. The molecule has 2 aromatic rings. The molecule has 0 aliphatic carbocycles. The molecule has 0 saturated heterocycles. The summed E-state index contributed by atoms with van der Waals surface area (Å²) in [5, 5.41) is 9.08. The SMILES string of the molecule is NCCCN(Cc1ccc(CO)cc1)c1ccccc1. The first-order valence-electron chi connectivity index (χ1n) is 7.02. The number of hydrogen-bond acceptors (Lipinski definition) is 3. The highest BCUT2D eigenvalue weighted by atomic mass is 16.3. The molecule has 0 spiro atoms. The summed E-state index contributed by atoms with van der Waals surface area (Å²) in [7, 11) is 0. The zero-order valence-electron chi connectivity index (χ0n) is 11.7. The van der Waals surface area contributed by atoms with Gasteiger partial charge in [-0.3, -0.25) is 0 Å². The summed E-state index contributed by atoms with van der Waals surface area (Å²) in [6.07, 6.45) is 0.976. The van der Waals surface area contributed by atoms with Crippen LogP contribution in [-0.4, -0.2) is 18.2 Å². The lowest BCUT2D eigenvalue weighted by Gasteiger charge is -2.25. The summed E-state index contributed by atoms with van der Waals surface area (Å²) >= 11 is 0. The van der Waals surface area contributed by atoms with Crippen LogP contribution in [0.25, 0.3) is 0 Å². The van der Waals surface area contributed by atoms with Gasteiger partial charge >= 0.3 is 0 Å². The Labute approximate surface area is 120 Å². The third-order valence-electron chi connectivity index (χ3n) is 3.33. The summed E-state index contributed by atoms with van der Waals surface area (Å²) in [5.41, 5.74) is 9.03. The zero-order valence-corrected chi connectivity index (χ0v) is 11.7. The second-order valence-electron chi connectivity index (χ2n) is 4.87. The van der Waals surface area contributed by atoms with Crippen molar-refractivity contribution >= 4 is 5.69 Å². The summed E-state index contributed by atoms with van der Waals surface area (Å²) in [5.74, 6) is 0. The Morgan fingerprint density at radius 2 is 1.55 bits per heavy atom. The van der Waals surface area contributed by atoms with E-state index in [4.69, 9.17) is 10.8 Å². The highest BCUT2D eigenvalue weighted by Crippen LogP contribution is 2.17. The number of aliphatic hydroxyl groups excluding tert-OH is 1. The number of rotatable bonds is 7. The molecule has 0 amide bonds. The van der Waals surface area contributed by atoms with E-state index in [1.165, 1.54) is 11.3 Å². The Balaban J connectivity index is 2.10. The Bertz CT molecular complexity index is 496. The van der Waals surface area contributed by atoms with E-state index in [1.807, 2.05) is 18.2 Å². The number of aliphatic hydroxyl groups is 1. The summed E-state index contributed by atoms with van der Waals surface area (Å²) in [6.45, 7) is 2.60. The predicted molar refractivity (Wildman–Crippen MR) is 83.5 cm³/mol. The van der Waals surface area contributed by atoms with Crippen molar-refractivity contribution in [2.24, 2.45) is 5.73 Å². The normalized spacial score (nSPS) is 10.5. The molecule has 0 bridgehead atoms. The maximum Gasteiger partial charge on any atom is 0.0681 e. The van der Waals surface area contributed by atoms with Crippen molar-refractivity contribution in [1.29, 1.82) is 0 Å². The molecule has 0 radical (unpaired) electrons. The fourth-order valence-corrected chi connectivity index (χ4v) is 2.19. The van der Waals surface area contributed by atoms with Gasteiger partial charge in [-0.2, -0.15) is 0 Å². The summed E-state index contributed by atoms with van der Waals surface area (Å²) in [6, 6.07) is 18.5. The van der Waals surface area contributed by atoms with Gasteiger partial charge in [-0.25, -0.2) is 0 Å². The Morgan fingerprint density at radius 1 is 0.900 bits per heavy atom. The monoisotopic (exact) mass is 270 g/mol. The molecule has 106 valence electrons. The quantitative estimate of drug-likeness (QED) is 0.813. The summed E-state index contributed by atoms with van der Waals surface area (Å²) in [4.78, 5) is 2.33. The number of nitrogens with zero attached hydrogens (tertiary/aromatic N) is 1. The van der Waals surface area contributed by atoms with Crippen LogP contribution < -0.4 is 10.6 Å². The number of anilines is 1. The molecule has 0 aliphatic heterocycles. The molecule has 3 N–H and O–H groups in total. The highest BCUT2D eigenvalue weighted by Gasteiger charge is 2.06. The molecule has 0 fully saturated rings. The largest absolute Gasteiger partial charge is 0.392 e. The molecule has 0 saturated carbocycles.